The van der Waals surface area contributed by atoms with Crippen LogP contribution >= 0.6 is 0 Å². The van der Waals surface area contributed by atoms with Crippen LogP contribution in [-0.2, 0) is 11.3 Å². The van der Waals surface area contributed by atoms with Gasteiger partial charge in [-0.25, -0.2) is 0 Å². The molecule has 264 valence electrons. The van der Waals surface area contributed by atoms with Crippen molar-refractivity contribution in [2.45, 2.75) is 19.0 Å². The molecule has 2 amide bonds. The van der Waals surface area contributed by atoms with Gasteiger partial charge in [-0.1, -0.05) is 66.7 Å². The monoisotopic (exact) mass is 685 g/mol. The van der Waals surface area contributed by atoms with Crippen molar-refractivity contribution in [3.63, 3.8) is 0 Å². The Morgan fingerprint density at radius 1 is 0.824 bits per heavy atom. The lowest BCUT2D eigenvalue weighted by molar-refractivity contribution is -0.137. The Kier molecular flexibility index (Phi) is 12.0. The van der Waals surface area contributed by atoms with Gasteiger partial charge in [0.25, 0.3) is 5.91 Å². The first-order valence-corrected chi connectivity index (χ1v) is 17.6. The Labute approximate surface area is 300 Å². The zero-order valence-corrected chi connectivity index (χ0v) is 29.7. The van der Waals surface area contributed by atoms with Gasteiger partial charge in [-0.15, -0.1) is 0 Å². The number of hydrogen-bond donors (Lipinski definition) is 2. The van der Waals surface area contributed by atoms with Crippen LogP contribution in [0.5, 0.6) is 5.75 Å². The molecule has 9 heteroatoms. The molecule has 1 atom stereocenters. The van der Waals surface area contributed by atoms with Crippen LogP contribution in [0.1, 0.15) is 34.1 Å². The average molecular weight is 686 g/mol. The maximum atomic E-state index is 14.0. The van der Waals surface area contributed by atoms with E-state index in [4.69, 9.17) is 9.15 Å². The number of likely N-dealkylation sites (N-methyl/N-ethyl adjacent to an activating group) is 1. The lowest BCUT2D eigenvalue weighted by Crippen LogP contribution is -2.50. The second kappa shape index (κ2) is 17.1. The van der Waals surface area contributed by atoms with Crippen molar-refractivity contribution in [2.24, 2.45) is 0 Å². The number of ether oxygens (including phenoxy) is 1. The standard InChI is InChI=1S/C42H47N5O4/c1-45(2)25-8-28-50-37-19-17-33(18-20-37)40(42(49)47-26-23-43-24-27-47)46(3)30-38-21-22-39(51-38)35-11-7-12-36(29-35)44-41(48)34-15-13-32(14-16-34)31-9-5-4-6-10-31/h4-7,9-22,29,40,43H,8,23-28,30H2,1-3H3,(H,44,48). The number of piperazine rings is 1. The van der Waals surface area contributed by atoms with Crippen molar-refractivity contribution >= 4 is 17.5 Å². The third kappa shape index (κ3) is 9.52. The van der Waals surface area contributed by atoms with E-state index in [2.05, 4.69) is 29.6 Å². The Morgan fingerprint density at radius 3 is 2.25 bits per heavy atom. The molecule has 9 nitrogen and oxygen atoms in total. The Morgan fingerprint density at radius 2 is 1.53 bits per heavy atom. The van der Waals surface area contributed by atoms with Gasteiger partial charge in [0.2, 0.25) is 5.91 Å². The minimum absolute atomic E-state index is 0.0728. The molecule has 51 heavy (non-hydrogen) atoms. The fourth-order valence-corrected chi connectivity index (χ4v) is 6.31. The van der Waals surface area contributed by atoms with Crippen LogP contribution < -0.4 is 15.4 Å². The van der Waals surface area contributed by atoms with Crippen molar-refractivity contribution in [1.82, 2.24) is 20.0 Å². The van der Waals surface area contributed by atoms with E-state index in [1.54, 1.807) is 0 Å². The number of furan rings is 1. The smallest absolute Gasteiger partial charge is 0.255 e. The van der Waals surface area contributed by atoms with Crippen LogP contribution in [-0.4, -0.2) is 87.0 Å². The second-order valence-corrected chi connectivity index (χ2v) is 13.2. The molecule has 0 spiro atoms. The van der Waals surface area contributed by atoms with Gasteiger partial charge in [0.15, 0.2) is 0 Å². The van der Waals surface area contributed by atoms with E-state index in [0.29, 0.717) is 43.3 Å². The molecule has 0 saturated carbocycles. The van der Waals surface area contributed by atoms with Crippen molar-refractivity contribution in [3.05, 3.63) is 132 Å². The molecule has 1 aliphatic rings. The van der Waals surface area contributed by atoms with Gasteiger partial charge in [0, 0.05) is 49.5 Å². The number of amides is 2. The zero-order chi connectivity index (χ0) is 35.6. The first-order valence-electron chi connectivity index (χ1n) is 17.6. The number of anilines is 1. The van der Waals surface area contributed by atoms with E-state index < -0.39 is 6.04 Å². The van der Waals surface area contributed by atoms with Gasteiger partial charge in [-0.2, -0.15) is 0 Å². The van der Waals surface area contributed by atoms with Crippen LogP contribution in [0.25, 0.3) is 22.5 Å². The quantitative estimate of drug-likeness (QED) is 0.124. The highest BCUT2D eigenvalue weighted by Crippen LogP contribution is 2.30. The molecule has 1 unspecified atom stereocenters. The molecule has 1 aliphatic heterocycles. The summed E-state index contributed by atoms with van der Waals surface area (Å²) in [5.74, 6) is 2.10. The van der Waals surface area contributed by atoms with Gasteiger partial charge >= 0.3 is 0 Å². The normalized spacial score (nSPS) is 13.7. The van der Waals surface area contributed by atoms with E-state index in [1.165, 1.54) is 0 Å². The molecule has 1 saturated heterocycles. The number of hydrogen-bond acceptors (Lipinski definition) is 7. The van der Waals surface area contributed by atoms with Crippen molar-refractivity contribution in [1.29, 1.82) is 0 Å². The summed E-state index contributed by atoms with van der Waals surface area (Å²) in [6.45, 7) is 4.94. The highest BCUT2D eigenvalue weighted by molar-refractivity contribution is 6.04. The van der Waals surface area contributed by atoms with Gasteiger partial charge in [0.1, 0.15) is 23.3 Å². The highest BCUT2D eigenvalue weighted by Gasteiger charge is 2.31. The molecule has 0 radical (unpaired) electrons. The van der Waals surface area contributed by atoms with E-state index >= 15 is 0 Å². The van der Waals surface area contributed by atoms with E-state index in [0.717, 1.165) is 59.8 Å². The number of nitrogens with one attached hydrogen (secondary N) is 2. The average Bonchev–Trinajstić information content (AvgIpc) is 3.63. The predicted octanol–water partition coefficient (Wildman–Crippen LogP) is 6.80. The molecule has 0 aliphatic carbocycles. The fraction of sp³-hybridized carbons (Fsp3) is 0.286. The summed E-state index contributed by atoms with van der Waals surface area (Å²) in [5.41, 5.74) is 5.17. The van der Waals surface area contributed by atoms with E-state index in [9.17, 15) is 9.59 Å². The summed E-state index contributed by atoms with van der Waals surface area (Å²) in [5, 5.41) is 6.36. The molecule has 2 N–H and O–H groups in total. The molecular weight excluding hydrogens is 638 g/mol. The Balaban J connectivity index is 1.12. The van der Waals surface area contributed by atoms with Crippen LogP contribution in [0.15, 0.2) is 120 Å². The zero-order valence-electron chi connectivity index (χ0n) is 29.7. The van der Waals surface area contributed by atoms with E-state index in [1.807, 2.05) is 132 Å². The summed E-state index contributed by atoms with van der Waals surface area (Å²) >= 11 is 0. The number of nitrogens with zero attached hydrogens (tertiary/aromatic N) is 3. The first kappa shape index (κ1) is 35.6. The molecule has 2 heterocycles. The SMILES string of the molecule is CN(C)CCCOc1ccc(C(C(=O)N2CCNCC2)N(C)Cc2ccc(-c3cccc(NC(=O)c4ccc(-c5ccccc5)cc4)c3)o2)cc1. The van der Waals surface area contributed by atoms with Crippen LogP contribution in [0.4, 0.5) is 5.69 Å². The summed E-state index contributed by atoms with van der Waals surface area (Å²) < 4.78 is 12.3. The molecular formula is C42H47N5O4. The van der Waals surface area contributed by atoms with E-state index in [-0.39, 0.29) is 11.8 Å². The first-order chi connectivity index (χ1) is 24.8. The maximum absolute atomic E-state index is 14.0. The Hall–Kier alpha value is -5.22. The second-order valence-electron chi connectivity index (χ2n) is 13.2. The maximum Gasteiger partial charge on any atom is 0.255 e. The Bertz CT molecular complexity index is 1870. The number of rotatable bonds is 14. The molecule has 1 fully saturated rings. The third-order valence-electron chi connectivity index (χ3n) is 9.04. The summed E-state index contributed by atoms with van der Waals surface area (Å²) in [4.78, 5) is 33.2. The van der Waals surface area contributed by atoms with Crippen LogP contribution in [0.2, 0.25) is 0 Å². The highest BCUT2D eigenvalue weighted by atomic mass is 16.5. The molecule has 5 aromatic rings. The van der Waals surface area contributed by atoms with Crippen molar-refractivity contribution in [3.8, 4) is 28.2 Å². The number of benzene rings is 4. The number of carbonyl (C=O) groups excluding carboxylic acids is 2. The van der Waals surface area contributed by atoms with Gasteiger partial charge in [-0.3, -0.25) is 14.5 Å². The van der Waals surface area contributed by atoms with Crippen LogP contribution in [0, 0.1) is 0 Å². The molecule has 6 rings (SSSR count). The van der Waals surface area contributed by atoms with Crippen molar-refractivity contribution in [2.75, 3.05) is 65.8 Å². The summed E-state index contributed by atoms with van der Waals surface area (Å²) in [6.07, 6.45) is 0.940. The minimum atomic E-state index is -0.486. The molecule has 0 bridgehead atoms. The van der Waals surface area contributed by atoms with Crippen LogP contribution in [0.3, 0.4) is 0 Å². The van der Waals surface area contributed by atoms with Crippen molar-refractivity contribution < 1.29 is 18.7 Å². The summed E-state index contributed by atoms with van der Waals surface area (Å²) in [7, 11) is 6.07. The lowest BCUT2D eigenvalue weighted by Gasteiger charge is -2.34. The summed E-state index contributed by atoms with van der Waals surface area (Å²) in [6, 6.07) is 36.6. The van der Waals surface area contributed by atoms with Gasteiger partial charge in [0.05, 0.1) is 13.2 Å². The van der Waals surface area contributed by atoms with Gasteiger partial charge in [-0.05, 0) is 92.8 Å². The largest absolute Gasteiger partial charge is 0.494 e. The molecule has 4 aromatic carbocycles. The predicted molar refractivity (Wildman–Crippen MR) is 203 cm³/mol. The fourth-order valence-electron chi connectivity index (χ4n) is 6.31. The lowest BCUT2D eigenvalue weighted by atomic mass is 10.0. The minimum Gasteiger partial charge on any atom is -0.494 e. The van der Waals surface area contributed by atoms with Gasteiger partial charge < -0.3 is 29.6 Å². The third-order valence-corrected chi connectivity index (χ3v) is 9.04. The topological polar surface area (TPSA) is 90.3 Å². The number of carbonyl (C=O) groups is 2. The molecule has 1 aromatic heterocycles.